The van der Waals surface area contributed by atoms with E-state index in [4.69, 9.17) is 5.11 Å². The Hall–Kier alpha value is -1.51. The van der Waals surface area contributed by atoms with Crippen LogP contribution in [0.1, 0.15) is 18.9 Å². The standard InChI is InChI=1S/C12H15NO2/c1-2-8-5-3-4-6-10(8)13-11-7-9(11)12(14)15/h3-6,9,11,13H,2,7H2,1H3,(H,14,15). The monoisotopic (exact) mass is 205 g/mol. The van der Waals surface area contributed by atoms with Gasteiger partial charge in [0.25, 0.3) is 0 Å². The van der Waals surface area contributed by atoms with Gasteiger partial charge >= 0.3 is 5.97 Å². The molecule has 15 heavy (non-hydrogen) atoms. The number of hydrogen-bond acceptors (Lipinski definition) is 2. The SMILES string of the molecule is CCc1ccccc1NC1CC1C(=O)O. The lowest BCUT2D eigenvalue weighted by Crippen LogP contribution is -2.11. The largest absolute Gasteiger partial charge is 0.481 e. The number of carboxylic acids is 1. The first-order valence-corrected chi connectivity index (χ1v) is 5.29. The van der Waals surface area contributed by atoms with E-state index in [2.05, 4.69) is 18.3 Å². The van der Waals surface area contributed by atoms with E-state index in [1.807, 2.05) is 18.2 Å². The molecule has 0 bridgehead atoms. The molecule has 2 N–H and O–H groups in total. The maximum absolute atomic E-state index is 10.7. The fourth-order valence-electron chi connectivity index (χ4n) is 1.80. The molecule has 0 spiro atoms. The van der Waals surface area contributed by atoms with Crippen LogP contribution >= 0.6 is 0 Å². The second kappa shape index (κ2) is 3.93. The Morgan fingerprint density at radius 2 is 2.27 bits per heavy atom. The number of nitrogens with one attached hydrogen (secondary N) is 1. The summed E-state index contributed by atoms with van der Waals surface area (Å²) in [6.07, 6.45) is 1.71. The van der Waals surface area contributed by atoms with Gasteiger partial charge in [-0.3, -0.25) is 4.79 Å². The molecule has 1 aromatic carbocycles. The fraction of sp³-hybridized carbons (Fsp3) is 0.417. The summed E-state index contributed by atoms with van der Waals surface area (Å²) in [5.74, 6) is -0.892. The molecule has 0 amide bonds. The van der Waals surface area contributed by atoms with Crippen LogP contribution in [0.3, 0.4) is 0 Å². The van der Waals surface area contributed by atoms with Crippen LogP contribution in [0, 0.1) is 5.92 Å². The molecule has 0 radical (unpaired) electrons. The molecular formula is C12H15NO2. The van der Waals surface area contributed by atoms with Crippen molar-refractivity contribution in [3.63, 3.8) is 0 Å². The van der Waals surface area contributed by atoms with E-state index >= 15 is 0 Å². The van der Waals surface area contributed by atoms with Crippen molar-refractivity contribution in [2.75, 3.05) is 5.32 Å². The third kappa shape index (κ3) is 2.12. The van der Waals surface area contributed by atoms with Crippen molar-refractivity contribution < 1.29 is 9.90 Å². The Kier molecular flexibility index (Phi) is 2.62. The number of anilines is 1. The van der Waals surface area contributed by atoms with Crippen LogP contribution in [0.4, 0.5) is 5.69 Å². The first-order chi connectivity index (χ1) is 7.22. The van der Waals surface area contributed by atoms with Crippen molar-refractivity contribution in [1.29, 1.82) is 0 Å². The molecule has 3 nitrogen and oxygen atoms in total. The van der Waals surface area contributed by atoms with E-state index in [9.17, 15) is 4.79 Å². The lowest BCUT2D eigenvalue weighted by Gasteiger charge is -2.09. The number of benzene rings is 1. The number of aliphatic carboxylic acids is 1. The van der Waals surface area contributed by atoms with Gasteiger partial charge in [-0.05, 0) is 24.5 Å². The Labute approximate surface area is 89.1 Å². The van der Waals surface area contributed by atoms with Crippen molar-refractivity contribution in [3.05, 3.63) is 29.8 Å². The Balaban J connectivity index is 2.03. The maximum atomic E-state index is 10.7. The van der Waals surface area contributed by atoms with Crippen molar-refractivity contribution >= 4 is 11.7 Å². The highest BCUT2D eigenvalue weighted by molar-refractivity contribution is 5.75. The van der Waals surface area contributed by atoms with Gasteiger partial charge in [0.15, 0.2) is 0 Å². The summed E-state index contributed by atoms with van der Waals surface area (Å²) in [6.45, 7) is 2.10. The maximum Gasteiger partial charge on any atom is 0.308 e. The van der Waals surface area contributed by atoms with Gasteiger partial charge in [0, 0.05) is 11.7 Å². The van der Waals surface area contributed by atoms with Crippen LogP contribution in [0.2, 0.25) is 0 Å². The topological polar surface area (TPSA) is 49.3 Å². The average Bonchev–Trinajstić information content (AvgIpc) is 2.98. The molecule has 1 saturated carbocycles. The van der Waals surface area contributed by atoms with Crippen LogP contribution in [0.5, 0.6) is 0 Å². The van der Waals surface area contributed by atoms with Crippen molar-refractivity contribution in [3.8, 4) is 0 Å². The number of rotatable bonds is 4. The zero-order chi connectivity index (χ0) is 10.8. The summed E-state index contributed by atoms with van der Waals surface area (Å²) in [6, 6.07) is 8.18. The van der Waals surface area contributed by atoms with Crippen LogP contribution in [0.15, 0.2) is 24.3 Å². The molecular weight excluding hydrogens is 190 g/mol. The van der Waals surface area contributed by atoms with E-state index in [0.29, 0.717) is 0 Å². The summed E-state index contributed by atoms with van der Waals surface area (Å²) < 4.78 is 0. The van der Waals surface area contributed by atoms with Crippen LogP contribution in [0.25, 0.3) is 0 Å². The molecule has 0 aliphatic heterocycles. The number of carbonyl (C=O) groups is 1. The second-order valence-electron chi connectivity index (χ2n) is 3.94. The van der Waals surface area contributed by atoms with E-state index in [1.54, 1.807) is 0 Å². The Bertz CT molecular complexity index is 376. The molecule has 2 rings (SSSR count). The van der Waals surface area contributed by atoms with Gasteiger partial charge in [0.1, 0.15) is 0 Å². The lowest BCUT2D eigenvalue weighted by atomic mass is 10.1. The molecule has 2 atom stereocenters. The van der Waals surface area contributed by atoms with E-state index in [1.165, 1.54) is 5.56 Å². The Morgan fingerprint density at radius 3 is 2.87 bits per heavy atom. The highest BCUT2D eigenvalue weighted by Crippen LogP contribution is 2.34. The van der Waals surface area contributed by atoms with Crippen LogP contribution in [-0.4, -0.2) is 17.1 Å². The minimum Gasteiger partial charge on any atom is -0.481 e. The van der Waals surface area contributed by atoms with Crippen molar-refractivity contribution in [2.24, 2.45) is 5.92 Å². The highest BCUT2D eigenvalue weighted by atomic mass is 16.4. The van der Waals surface area contributed by atoms with E-state index < -0.39 is 5.97 Å². The van der Waals surface area contributed by atoms with E-state index in [-0.39, 0.29) is 12.0 Å². The van der Waals surface area contributed by atoms with Crippen molar-refractivity contribution in [2.45, 2.75) is 25.8 Å². The smallest absolute Gasteiger partial charge is 0.308 e. The summed E-state index contributed by atoms with van der Waals surface area (Å²) in [7, 11) is 0. The summed E-state index contributed by atoms with van der Waals surface area (Å²) in [5, 5.41) is 12.1. The molecule has 1 aromatic rings. The zero-order valence-electron chi connectivity index (χ0n) is 8.73. The van der Waals surface area contributed by atoms with Gasteiger partial charge in [0.05, 0.1) is 5.92 Å². The molecule has 1 fully saturated rings. The quantitative estimate of drug-likeness (QED) is 0.791. The minimum absolute atomic E-state index is 0.121. The number of carboxylic acid groups (broad SMARTS) is 1. The molecule has 0 aromatic heterocycles. The van der Waals surface area contributed by atoms with Gasteiger partial charge < -0.3 is 10.4 Å². The third-order valence-electron chi connectivity index (χ3n) is 2.85. The minimum atomic E-state index is -0.693. The average molecular weight is 205 g/mol. The Morgan fingerprint density at radius 1 is 1.53 bits per heavy atom. The first kappa shape index (κ1) is 10.0. The molecule has 1 aliphatic carbocycles. The third-order valence-corrected chi connectivity index (χ3v) is 2.85. The molecule has 0 saturated heterocycles. The summed E-state index contributed by atoms with van der Waals surface area (Å²) in [4.78, 5) is 10.7. The highest BCUT2D eigenvalue weighted by Gasteiger charge is 2.43. The summed E-state index contributed by atoms with van der Waals surface area (Å²) in [5.41, 5.74) is 2.32. The molecule has 1 aliphatic rings. The number of para-hydroxylation sites is 1. The van der Waals surface area contributed by atoms with Gasteiger partial charge in [-0.25, -0.2) is 0 Å². The predicted molar refractivity (Wildman–Crippen MR) is 59.0 cm³/mol. The number of hydrogen-bond donors (Lipinski definition) is 2. The number of aryl methyl sites for hydroxylation is 1. The zero-order valence-corrected chi connectivity index (χ0v) is 8.73. The first-order valence-electron chi connectivity index (χ1n) is 5.29. The van der Waals surface area contributed by atoms with Gasteiger partial charge in [-0.15, -0.1) is 0 Å². The van der Waals surface area contributed by atoms with Crippen LogP contribution < -0.4 is 5.32 Å². The lowest BCUT2D eigenvalue weighted by molar-refractivity contribution is -0.138. The molecule has 80 valence electrons. The molecule has 2 unspecified atom stereocenters. The van der Waals surface area contributed by atoms with Crippen LogP contribution in [-0.2, 0) is 11.2 Å². The van der Waals surface area contributed by atoms with Gasteiger partial charge in [-0.1, -0.05) is 25.1 Å². The summed E-state index contributed by atoms with van der Waals surface area (Å²) >= 11 is 0. The molecule has 3 heteroatoms. The van der Waals surface area contributed by atoms with Gasteiger partial charge in [0.2, 0.25) is 0 Å². The second-order valence-corrected chi connectivity index (χ2v) is 3.94. The normalized spacial score (nSPS) is 23.5. The van der Waals surface area contributed by atoms with Gasteiger partial charge in [-0.2, -0.15) is 0 Å². The van der Waals surface area contributed by atoms with E-state index in [0.717, 1.165) is 18.5 Å². The van der Waals surface area contributed by atoms with Crippen molar-refractivity contribution in [1.82, 2.24) is 0 Å². The predicted octanol–water partition coefficient (Wildman–Crippen LogP) is 2.13. The fourth-order valence-corrected chi connectivity index (χ4v) is 1.80. The molecule has 0 heterocycles.